The smallest absolute Gasteiger partial charge is 0.475 e. The fourth-order valence-corrected chi connectivity index (χ4v) is 1.74. The minimum Gasteiger partial charge on any atom is -0.475 e. The number of likely N-dealkylation sites (tertiary alicyclic amines) is 1. The number of carboxylic acid groups (broad SMARTS) is 2. The lowest BCUT2D eigenvalue weighted by molar-refractivity contribution is -0.192. The molecule has 0 bridgehead atoms. The van der Waals surface area contributed by atoms with E-state index in [0.29, 0.717) is 18.3 Å². The second kappa shape index (κ2) is 7.06. The number of aromatic nitrogens is 2. The maximum Gasteiger partial charge on any atom is 0.490 e. The van der Waals surface area contributed by atoms with Gasteiger partial charge in [0.15, 0.2) is 5.82 Å². The Morgan fingerprint density at radius 3 is 2.41 bits per heavy atom. The molecule has 1 saturated heterocycles. The van der Waals surface area contributed by atoms with Gasteiger partial charge >= 0.3 is 18.2 Å². The normalized spacial score (nSPS) is 17.8. The largest absolute Gasteiger partial charge is 0.490 e. The molecule has 1 aliphatic heterocycles. The molecule has 0 saturated carbocycles. The van der Waals surface area contributed by atoms with Crippen LogP contribution in [0.1, 0.15) is 30.6 Å². The zero-order valence-electron chi connectivity index (χ0n) is 11.1. The predicted molar refractivity (Wildman–Crippen MR) is 62.6 cm³/mol. The van der Waals surface area contributed by atoms with Crippen LogP contribution in [0.4, 0.5) is 18.0 Å². The summed E-state index contributed by atoms with van der Waals surface area (Å²) < 4.78 is 36.7. The van der Waals surface area contributed by atoms with Crippen LogP contribution >= 0.6 is 0 Å². The number of aliphatic carboxylic acids is 1. The summed E-state index contributed by atoms with van der Waals surface area (Å²) in [5, 5.41) is 19.7. The first-order valence-corrected chi connectivity index (χ1v) is 5.99. The molecule has 124 valence electrons. The molecule has 1 fully saturated rings. The summed E-state index contributed by atoms with van der Waals surface area (Å²) >= 11 is 0. The van der Waals surface area contributed by atoms with Crippen LogP contribution < -0.4 is 5.73 Å². The van der Waals surface area contributed by atoms with E-state index in [-0.39, 0.29) is 12.6 Å². The zero-order chi connectivity index (χ0) is 16.9. The molecule has 0 aliphatic carbocycles. The quantitative estimate of drug-likeness (QED) is 0.729. The van der Waals surface area contributed by atoms with Crippen molar-refractivity contribution in [2.24, 2.45) is 5.73 Å². The van der Waals surface area contributed by atoms with Crippen molar-refractivity contribution in [1.82, 2.24) is 15.0 Å². The third-order valence-electron chi connectivity index (χ3n) is 2.69. The maximum atomic E-state index is 10.9. The fraction of sp³-hybridized carbons (Fsp3) is 0.600. The van der Waals surface area contributed by atoms with Crippen LogP contribution in [0, 0.1) is 0 Å². The second-order valence-electron chi connectivity index (χ2n) is 4.19. The Kier molecular flexibility index (Phi) is 5.68. The van der Waals surface area contributed by atoms with Crippen LogP contribution in [-0.4, -0.2) is 50.0 Å². The van der Waals surface area contributed by atoms with Gasteiger partial charge < -0.3 is 20.5 Å². The van der Waals surface area contributed by atoms with Crippen molar-refractivity contribution >= 4 is 12.1 Å². The second-order valence-corrected chi connectivity index (χ2v) is 4.19. The summed E-state index contributed by atoms with van der Waals surface area (Å²) in [7, 11) is 0. The lowest BCUT2D eigenvalue weighted by Gasteiger charge is -2.17. The number of amides is 1. The van der Waals surface area contributed by atoms with Gasteiger partial charge in [0.25, 0.3) is 0 Å². The van der Waals surface area contributed by atoms with Crippen molar-refractivity contribution in [3.05, 3.63) is 11.7 Å². The van der Waals surface area contributed by atoms with Gasteiger partial charge in [0, 0.05) is 6.54 Å². The van der Waals surface area contributed by atoms with E-state index < -0.39 is 18.2 Å². The minimum absolute atomic E-state index is 0.198. The van der Waals surface area contributed by atoms with Gasteiger partial charge in [0.1, 0.15) is 6.04 Å². The lowest BCUT2D eigenvalue weighted by atomic mass is 10.2. The van der Waals surface area contributed by atoms with Gasteiger partial charge in [-0.3, -0.25) is 4.90 Å². The van der Waals surface area contributed by atoms with Crippen molar-refractivity contribution in [3.63, 3.8) is 0 Å². The number of alkyl halides is 3. The van der Waals surface area contributed by atoms with Gasteiger partial charge in [-0.2, -0.15) is 18.2 Å². The molecular formula is C10H13F3N4O5. The number of hydrogen-bond donors (Lipinski definition) is 3. The summed E-state index contributed by atoms with van der Waals surface area (Å²) in [6.07, 6.45) is -4.50. The highest BCUT2D eigenvalue weighted by atomic mass is 19.4. The van der Waals surface area contributed by atoms with Crippen LogP contribution in [0.15, 0.2) is 4.52 Å². The highest BCUT2D eigenvalue weighted by Crippen LogP contribution is 2.30. The molecule has 1 aromatic heterocycles. The van der Waals surface area contributed by atoms with Gasteiger partial charge in [-0.1, -0.05) is 5.16 Å². The highest BCUT2D eigenvalue weighted by molar-refractivity contribution is 5.73. The Labute approximate surface area is 121 Å². The van der Waals surface area contributed by atoms with Crippen molar-refractivity contribution in [2.75, 3.05) is 6.54 Å². The predicted octanol–water partition coefficient (Wildman–Crippen LogP) is 0.976. The number of hydrogen-bond acceptors (Lipinski definition) is 6. The van der Waals surface area contributed by atoms with Gasteiger partial charge in [0.2, 0.25) is 5.89 Å². The lowest BCUT2D eigenvalue weighted by Crippen LogP contribution is -2.28. The van der Waals surface area contributed by atoms with Crippen molar-refractivity contribution in [2.45, 2.75) is 31.6 Å². The van der Waals surface area contributed by atoms with Crippen LogP contribution in [0.3, 0.4) is 0 Å². The van der Waals surface area contributed by atoms with Crippen molar-refractivity contribution in [1.29, 1.82) is 0 Å². The van der Waals surface area contributed by atoms with E-state index in [0.717, 1.165) is 12.8 Å². The molecule has 2 heterocycles. The van der Waals surface area contributed by atoms with E-state index in [1.807, 2.05) is 0 Å². The molecule has 1 aromatic rings. The van der Waals surface area contributed by atoms with Crippen molar-refractivity contribution in [3.8, 4) is 0 Å². The topological polar surface area (TPSA) is 143 Å². The Bertz CT molecular complexity index is 533. The van der Waals surface area contributed by atoms with E-state index >= 15 is 0 Å². The summed E-state index contributed by atoms with van der Waals surface area (Å²) in [5.74, 6) is -2.01. The Balaban J connectivity index is 0.000000295. The Morgan fingerprint density at radius 2 is 2.00 bits per heavy atom. The molecule has 0 aromatic carbocycles. The molecule has 9 nitrogen and oxygen atoms in total. The van der Waals surface area contributed by atoms with Gasteiger partial charge in [-0.25, -0.2) is 9.59 Å². The number of halogens is 3. The highest BCUT2D eigenvalue weighted by Gasteiger charge is 2.38. The van der Waals surface area contributed by atoms with Crippen LogP contribution in [0.2, 0.25) is 0 Å². The molecule has 1 unspecified atom stereocenters. The number of carbonyl (C=O) groups is 2. The molecule has 12 heteroatoms. The molecule has 1 amide bonds. The molecule has 0 spiro atoms. The minimum atomic E-state index is -5.08. The van der Waals surface area contributed by atoms with E-state index in [1.165, 1.54) is 4.90 Å². The standard InChI is InChI=1S/C8H12N4O3.C2HF3O2/c9-4-6-10-7(15-11-6)5-2-1-3-12(5)8(13)14;3-2(4,5)1(6)7/h5H,1-4,9H2,(H,13,14);(H,6,7). The monoisotopic (exact) mass is 326 g/mol. The molecular weight excluding hydrogens is 313 g/mol. The summed E-state index contributed by atoms with van der Waals surface area (Å²) in [4.78, 5) is 25.1. The average Bonchev–Trinajstić information content (AvgIpc) is 3.06. The van der Waals surface area contributed by atoms with Gasteiger partial charge in [-0.05, 0) is 12.8 Å². The number of carboxylic acids is 1. The van der Waals surface area contributed by atoms with Gasteiger partial charge in [0.05, 0.1) is 6.54 Å². The molecule has 1 atom stereocenters. The van der Waals surface area contributed by atoms with Crippen LogP contribution in [-0.2, 0) is 11.3 Å². The first-order chi connectivity index (χ1) is 10.2. The molecule has 4 N–H and O–H groups in total. The SMILES string of the molecule is NCc1noc(C2CCCN2C(=O)O)n1.O=C(O)C(F)(F)F. The Morgan fingerprint density at radius 1 is 1.41 bits per heavy atom. The fourth-order valence-electron chi connectivity index (χ4n) is 1.74. The molecule has 0 radical (unpaired) electrons. The molecule has 22 heavy (non-hydrogen) atoms. The van der Waals surface area contributed by atoms with E-state index in [1.54, 1.807) is 0 Å². The summed E-state index contributed by atoms with van der Waals surface area (Å²) in [6.45, 7) is 0.712. The molecule has 2 rings (SSSR count). The van der Waals surface area contributed by atoms with Crippen LogP contribution in [0.25, 0.3) is 0 Å². The third-order valence-corrected chi connectivity index (χ3v) is 2.69. The molecule has 1 aliphatic rings. The Hall–Kier alpha value is -2.37. The summed E-state index contributed by atoms with van der Waals surface area (Å²) in [6, 6.07) is -0.310. The number of nitrogens with zero attached hydrogens (tertiary/aromatic N) is 3. The number of nitrogens with two attached hydrogens (primary N) is 1. The van der Waals surface area contributed by atoms with E-state index in [4.69, 9.17) is 25.3 Å². The van der Waals surface area contributed by atoms with E-state index in [2.05, 4.69) is 10.1 Å². The maximum absolute atomic E-state index is 10.9. The zero-order valence-corrected chi connectivity index (χ0v) is 11.1. The third kappa shape index (κ3) is 4.58. The first kappa shape index (κ1) is 17.7. The number of rotatable bonds is 2. The average molecular weight is 326 g/mol. The van der Waals surface area contributed by atoms with E-state index in [9.17, 15) is 18.0 Å². The first-order valence-electron chi connectivity index (χ1n) is 5.99. The summed E-state index contributed by atoms with van der Waals surface area (Å²) in [5.41, 5.74) is 5.34. The van der Waals surface area contributed by atoms with Gasteiger partial charge in [-0.15, -0.1) is 0 Å². The van der Waals surface area contributed by atoms with Crippen LogP contribution in [0.5, 0.6) is 0 Å². The van der Waals surface area contributed by atoms with Crippen molar-refractivity contribution < 1.29 is 37.5 Å².